The van der Waals surface area contributed by atoms with Crippen LogP contribution < -0.4 is 4.72 Å². The van der Waals surface area contributed by atoms with E-state index in [9.17, 15) is 13.2 Å². The first-order chi connectivity index (χ1) is 10.4. The van der Waals surface area contributed by atoms with E-state index in [1.54, 1.807) is 37.4 Å². The molecule has 0 saturated heterocycles. The zero-order valence-corrected chi connectivity index (χ0v) is 12.8. The summed E-state index contributed by atoms with van der Waals surface area (Å²) >= 11 is 0. The van der Waals surface area contributed by atoms with Crippen molar-refractivity contribution in [1.82, 2.24) is 9.71 Å². The maximum Gasteiger partial charge on any atom is 0.306 e. The van der Waals surface area contributed by atoms with Crippen LogP contribution in [-0.2, 0) is 14.8 Å². The predicted octanol–water partition coefficient (Wildman–Crippen LogP) is 1.68. The first kappa shape index (κ1) is 14.9. The van der Waals surface area contributed by atoms with Gasteiger partial charge in [0, 0.05) is 17.6 Å². The number of aryl methyl sites for hydroxylation is 1. The highest BCUT2D eigenvalue weighted by Crippen LogP contribution is 2.31. The van der Waals surface area contributed by atoms with Gasteiger partial charge in [-0.05, 0) is 43.5 Å². The van der Waals surface area contributed by atoms with Crippen molar-refractivity contribution in [3.8, 4) is 0 Å². The Morgan fingerprint density at radius 3 is 2.73 bits per heavy atom. The van der Waals surface area contributed by atoms with Crippen molar-refractivity contribution in [2.24, 2.45) is 5.92 Å². The van der Waals surface area contributed by atoms with Gasteiger partial charge in [-0.2, -0.15) is 0 Å². The van der Waals surface area contributed by atoms with Crippen LogP contribution >= 0.6 is 0 Å². The minimum absolute atomic E-state index is 0.219. The number of carboxylic acids is 1. The number of nitrogens with zero attached hydrogens (tertiary/aromatic N) is 1. The molecule has 1 fully saturated rings. The number of hydrogen-bond donors (Lipinski definition) is 2. The van der Waals surface area contributed by atoms with Gasteiger partial charge in [-0.25, -0.2) is 13.1 Å². The van der Waals surface area contributed by atoms with Crippen LogP contribution in [0, 0.1) is 12.8 Å². The van der Waals surface area contributed by atoms with Crippen LogP contribution in [0.25, 0.3) is 10.9 Å². The number of sulfonamides is 1. The number of rotatable bonds is 4. The minimum Gasteiger partial charge on any atom is -0.481 e. The van der Waals surface area contributed by atoms with E-state index in [0.29, 0.717) is 29.3 Å². The van der Waals surface area contributed by atoms with Crippen LogP contribution in [0.2, 0.25) is 0 Å². The normalized spacial score (nSPS) is 21.5. The topological polar surface area (TPSA) is 96.4 Å². The van der Waals surface area contributed by atoms with Gasteiger partial charge in [0.05, 0.1) is 16.3 Å². The lowest BCUT2D eigenvalue weighted by Gasteiger charge is -2.32. The van der Waals surface area contributed by atoms with E-state index in [0.717, 1.165) is 0 Å². The minimum atomic E-state index is -3.71. The Morgan fingerprint density at radius 2 is 2.05 bits per heavy atom. The Bertz CT molecular complexity index is 842. The molecule has 7 heteroatoms. The molecule has 1 aliphatic carbocycles. The molecule has 0 spiro atoms. The Labute approximate surface area is 128 Å². The molecule has 2 aromatic rings. The molecule has 1 aliphatic rings. The summed E-state index contributed by atoms with van der Waals surface area (Å²) in [4.78, 5) is 15.2. The standard InChI is InChI=1S/C15H16N2O4S/c1-9-4-5-13-12(3-2-6-16-13)14(9)22(20,21)17-11-7-10(8-11)15(18)19/h2-6,10-11,17H,7-8H2,1H3,(H,18,19). The molecule has 0 atom stereocenters. The quantitative estimate of drug-likeness (QED) is 0.893. The first-order valence-electron chi connectivity index (χ1n) is 6.98. The average Bonchev–Trinajstić information content (AvgIpc) is 2.41. The number of aliphatic carboxylic acids is 1. The fourth-order valence-electron chi connectivity index (χ4n) is 2.79. The maximum atomic E-state index is 12.7. The van der Waals surface area contributed by atoms with E-state index in [1.807, 2.05) is 0 Å². The average molecular weight is 320 g/mol. The second-order valence-electron chi connectivity index (χ2n) is 5.61. The van der Waals surface area contributed by atoms with Gasteiger partial charge in [-0.1, -0.05) is 6.07 Å². The summed E-state index contributed by atoms with van der Waals surface area (Å²) in [5.74, 6) is -1.33. The van der Waals surface area contributed by atoms with E-state index in [4.69, 9.17) is 5.11 Å². The van der Waals surface area contributed by atoms with Gasteiger partial charge >= 0.3 is 5.97 Å². The summed E-state index contributed by atoms with van der Waals surface area (Å²) in [5, 5.41) is 9.44. The maximum absolute atomic E-state index is 12.7. The summed E-state index contributed by atoms with van der Waals surface area (Å²) in [6, 6.07) is 6.62. The number of carboxylic acid groups (broad SMARTS) is 1. The van der Waals surface area contributed by atoms with Crippen molar-refractivity contribution in [3.63, 3.8) is 0 Å². The smallest absolute Gasteiger partial charge is 0.306 e. The fourth-order valence-corrected chi connectivity index (χ4v) is 4.49. The zero-order valence-electron chi connectivity index (χ0n) is 12.0. The van der Waals surface area contributed by atoms with Gasteiger partial charge in [0.1, 0.15) is 0 Å². The zero-order chi connectivity index (χ0) is 15.9. The summed E-state index contributed by atoms with van der Waals surface area (Å²) in [7, 11) is -3.71. The summed E-state index contributed by atoms with van der Waals surface area (Å²) in [5.41, 5.74) is 1.26. The van der Waals surface area contributed by atoms with Crippen LogP contribution in [-0.4, -0.2) is 30.5 Å². The third-order valence-electron chi connectivity index (χ3n) is 4.01. The number of pyridine rings is 1. The molecule has 1 aromatic heterocycles. The van der Waals surface area contributed by atoms with Gasteiger partial charge in [0.25, 0.3) is 0 Å². The predicted molar refractivity (Wildman–Crippen MR) is 80.9 cm³/mol. The second kappa shape index (κ2) is 5.33. The summed E-state index contributed by atoms with van der Waals surface area (Å²) in [6.45, 7) is 1.74. The van der Waals surface area contributed by atoms with Crippen LogP contribution in [0.1, 0.15) is 18.4 Å². The molecule has 6 nitrogen and oxygen atoms in total. The van der Waals surface area contributed by atoms with Crippen molar-refractivity contribution in [2.75, 3.05) is 0 Å². The van der Waals surface area contributed by atoms with Gasteiger partial charge in [-0.3, -0.25) is 9.78 Å². The van der Waals surface area contributed by atoms with Crippen LogP contribution in [0.5, 0.6) is 0 Å². The highest BCUT2D eigenvalue weighted by atomic mass is 32.2. The molecule has 0 aliphatic heterocycles. The third-order valence-corrected chi connectivity index (χ3v) is 5.73. The van der Waals surface area contributed by atoms with Gasteiger partial charge in [0.2, 0.25) is 10.0 Å². The van der Waals surface area contributed by atoms with E-state index in [2.05, 4.69) is 9.71 Å². The Hall–Kier alpha value is -1.99. The number of carbonyl (C=O) groups is 1. The van der Waals surface area contributed by atoms with Gasteiger partial charge in [-0.15, -0.1) is 0 Å². The molecule has 116 valence electrons. The number of fused-ring (bicyclic) bond motifs is 1. The second-order valence-corrected chi connectivity index (χ2v) is 7.26. The Balaban J connectivity index is 1.93. The number of aromatic nitrogens is 1. The third kappa shape index (κ3) is 2.57. The van der Waals surface area contributed by atoms with Gasteiger partial charge < -0.3 is 5.11 Å². The lowest BCUT2D eigenvalue weighted by Crippen LogP contribution is -2.46. The highest BCUT2D eigenvalue weighted by molar-refractivity contribution is 7.89. The molecular weight excluding hydrogens is 304 g/mol. The molecular formula is C15H16N2O4S. The number of benzene rings is 1. The largest absolute Gasteiger partial charge is 0.481 e. The van der Waals surface area contributed by atoms with Crippen LogP contribution in [0.15, 0.2) is 35.4 Å². The molecule has 22 heavy (non-hydrogen) atoms. The molecule has 0 bridgehead atoms. The number of hydrogen-bond acceptors (Lipinski definition) is 4. The first-order valence-corrected chi connectivity index (χ1v) is 8.46. The van der Waals surface area contributed by atoms with E-state index < -0.39 is 21.9 Å². The van der Waals surface area contributed by atoms with E-state index in [1.165, 1.54) is 0 Å². The molecule has 0 unspecified atom stereocenters. The molecule has 3 rings (SSSR count). The Kier molecular flexibility index (Phi) is 3.62. The summed E-state index contributed by atoms with van der Waals surface area (Å²) < 4.78 is 27.9. The fraction of sp³-hybridized carbons (Fsp3) is 0.333. The lowest BCUT2D eigenvalue weighted by atomic mass is 9.81. The van der Waals surface area contributed by atoms with Gasteiger partial charge in [0.15, 0.2) is 0 Å². The number of nitrogens with one attached hydrogen (secondary N) is 1. The monoisotopic (exact) mass is 320 g/mol. The summed E-state index contributed by atoms with van der Waals surface area (Å²) in [6.07, 6.45) is 2.28. The molecule has 1 saturated carbocycles. The van der Waals surface area contributed by atoms with Crippen molar-refractivity contribution in [3.05, 3.63) is 36.0 Å². The lowest BCUT2D eigenvalue weighted by molar-refractivity contribution is -0.145. The molecule has 0 radical (unpaired) electrons. The highest BCUT2D eigenvalue weighted by Gasteiger charge is 2.37. The van der Waals surface area contributed by atoms with E-state index >= 15 is 0 Å². The van der Waals surface area contributed by atoms with Crippen molar-refractivity contribution in [2.45, 2.75) is 30.7 Å². The van der Waals surface area contributed by atoms with Crippen LogP contribution in [0.4, 0.5) is 0 Å². The molecule has 1 heterocycles. The Morgan fingerprint density at radius 1 is 1.32 bits per heavy atom. The van der Waals surface area contributed by atoms with E-state index in [-0.39, 0.29) is 10.9 Å². The molecule has 0 amide bonds. The SMILES string of the molecule is Cc1ccc2ncccc2c1S(=O)(=O)NC1CC(C(=O)O)C1. The molecule has 1 aromatic carbocycles. The van der Waals surface area contributed by atoms with Crippen molar-refractivity contribution < 1.29 is 18.3 Å². The van der Waals surface area contributed by atoms with Crippen LogP contribution in [0.3, 0.4) is 0 Å². The molecule has 2 N–H and O–H groups in total. The van der Waals surface area contributed by atoms with Crippen molar-refractivity contribution in [1.29, 1.82) is 0 Å². The van der Waals surface area contributed by atoms with Crippen molar-refractivity contribution >= 4 is 26.9 Å².